The number of hydrogen-bond acceptors (Lipinski definition) is 4. The molecule has 1 fully saturated rings. The fourth-order valence-corrected chi connectivity index (χ4v) is 2.34. The molecule has 6 nitrogen and oxygen atoms in total. The van der Waals surface area contributed by atoms with Crippen molar-refractivity contribution in [2.75, 3.05) is 11.4 Å². The SMILES string of the molecule is NC(=O)C1CCCCN1c1ccc(/C=C/C(=O)O)cn1. The van der Waals surface area contributed by atoms with Gasteiger partial charge in [-0.2, -0.15) is 0 Å². The number of piperidine rings is 1. The Hall–Kier alpha value is -2.37. The lowest BCUT2D eigenvalue weighted by Gasteiger charge is -2.34. The Balaban J connectivity index is 2.15. The summed E-state index contributed by atoms with van der Waals surface area (Å²) in [5, 5.41) is 8.56. The lowest BCUT2D eigenvalue weighted by Crippen LogP contribution is -2.48. The Labute approximate surface area is 116 Å². The van der Waals surface area contributed by atoms with E-state index < -0.39 is 5.97 Å². The number of aliphatic carboxylic acids is 1. The number of pyridine rings is 1. The summed E-state index contributed by atoms with van der Waals surface area (Å²) in [4.78, 5) is 28.1. The summed E-state index contributed by atoms with van der Waals surface area (Å²) in [6.07, 6.45) is 6.86. The Morgan fingerprint density at radius 3 is 2.80 bits per heavy atom. The molecular weight excluding hydrogens is 258 g/mol. The molecule has 106 valence electrons. The number of carbonyl (C=O) groups is 2. The third-order valence-corrected chi connectivity index (χ3v) is 3.31. The molecule has 1 aromatic heterocycles. The van der Waals surface area contributed by atoms with Crippen molar-refractivity contribution in [2.24, 2.45) is 5.73 Å². The Kier molecular flexibility index (Phi) is 4.34. The number of carbonyl (C=O) groups excluding carboxylic acids is 1. The van der Waals surface area contributed by atoms with Gasteiger partial charge in [-0.1, -0.05) is 0 Å². The number of primary amides is 1. The summed E-state index contributed by atoms with van der Waals surface area (Å²) >= 11 is 0. The number of amides is 1. The first-order chi connectivity index (χ1) is 9.58. The molecule has 0 aliphatic carbocycles. The fourth-order valence-electron chi connectivity index (χ4n) is 2.34. The Morgan fingerprint density at radius 2 is 2.20 bits per heavy atom. The van der Waals surface area contributed by atoms with Crippen LogP contribution in [0.5, 0.6) is 0 Å². The Bertz CT molecular complexity index is 525. The summed E-state index contributed by atoms with van der Waals surface area (Å²) in [5.41, 5.74) is 6.12. The molecule has 1 aliphatic heterocycles. The maximum atomic E-state index is 11.5. The van der Waals surface area contributed by atoms with Crippen molar-refractivity contribution < 1.29 is 14.7 Å². The monoisotopic (exact) mass is 275 g/mol. The number of aromatic nitrogens is 1. The van der Waals surface area contributed by atoms with Crippen LogP contribution in [0.4, 0.5) is 5.82 Å². The van der Waals surface area contributed by atoms with Gasteiger partial charge in [-0.25, -0.2) is 9.78 Å². The lowest BCUT2D eigenvalue weighted by molar-refractivity contribution is -0.131. The summed E-state index contributed by atoms with van der Waals surface area (Å²) in [5.74, 6) is -0.638. The first-order valence-corrected chi connectivity index (χ1v) is 6.51. The molecule has 0 bridgehead atoms. The van der Waals surface area contributed by atoms with Gasteiger partial charge >= 0.3 is 5.97 Å². The average Bonchev–Trinajstić information content (AvgIpc) is 2.45. The van der Waals surface area contributed by atoms with Gasteiger partial charge in [0.2, 0.25) is 5.91 Å². The second-order valence-corrected chi connectivity index (χ2v) is 4.73. The van der Waals surface area contributed by atoms with Crippen molar-refractivity contribution in [3.05, 3.63) is 30.0 Å². The van der Waals surface area contributed by atoms with Crippen LogP contribution >= 0.6 is 0 Å². The number of hydrogen-bond donors (Lipinski definition) is 2. The molecule has 6 heteroatoms. The molecule has 1 amide bonds. The van der Waals surface area contributed by atoms with Crippen molar-refractivity contribution >= 4 is 23.8 Å². The van der Waals surface area contributed by atoms with Crippen molar-refractivity contribution in [3.8, 4) is 0 Å². The third-order valence-electron chi connectivity index (χ3n) is 3.31. The molecule has 1 saturated heterocycles. The normalized spacial score (nSPS) is 19.2. The topological polar surface area (TPSA) is 96.5 Å². The minimum absolute atomic E-state index is 0.309. The molecule has 1 unspecified atom stereocenters. The number of anilines is 1. The molecule has 3 N–H and O–H groups in total. The van der Waals surface area contributed by atoms with Crippen LogP contribution in [-0.4, -0.2) is 34.6 Å². The van der Waals surface area contributed by atoms with E-state index in [1.165, 1.54) is 6.08 Å². The first kappa shape index (κ1) is 14.0. The molecule has 1 aromatic rings. The van der Waals surface area contributed by atoms with Crippen LogP contribution in [0.1, 0.15) is 24.8 Å². The van der Waals surface area contributed by atoms with Crippen molar-refractivity contribution in [2.45, 2.75) is 25.3 Å². The summed E-state index contributed by atoms with van der Waals surface area (Å²) in [6.45, 7) is 0.755. The maximum Gasteiger partial charge on any atom is 0.328 e. The lowest BCUT2D eigenvalue weighted by atomic mass is 10.0. The molecule has 1 atom stereocenters. The molecule has 0 aromatic carbocycles. The molecule has 1 aliphatic rings. The maximum absolute atomic E-state index is 11.5. The average molecular weight is 275 g/mol. The number of nitrogens with zero attached hydrogens (tertiary/aromatic N) is 2. The second kappa shape index (κ2) is 6.18. The molecule has 2 rings (SSSR count). The molecular formula is C14H17N3O3. The van der Waals surface area contributed by atoms with Crippen molar-refractivity contribution in [3.63, 3.8) is 0 Å². The minimum Gasteiger partial charge on any atom is -0.478 e. The van der Waals surface area contributed by atoms with Crippen LogP contribution in [0.3, 0.4) is 0 Å². The van der Waals surface area contributed by atoms with Gasteiger partial charge in [0.1, 0.15) is 11.9 Å². The predicted octanol–water partition coefficient (Wildman–Crippen LogP) is 1.02. The first-order valence-electron chi connectivity index (χ1n) is 6.51. The van der Waals surface area contributed by atoms with Crippen LogP contribution < -0.4 is 10.6 Å². The van der Waals surface area contributed by atoms with E-state index in [1.54, 1.807) is 18.3 Å². The van der Waals surface area contributed by atoms with E-state index in [9.17, 15) is 9.59 Å². The second-order valence-electron chi connectivity index (χ2n) is 4.73. The van der Waals surface area contributed by atoms with Crippen molar-refractivity contribution in [1.29, 1.82) is 0 Å². The van der Waals surface area contributed by atoms with Crippen LogP contribution in [0.2, 0.25) is 0 Å². The quantitative estimate of drug-likeness (QED) is 0.800. The number of carboxylic acids is 1. The zero-order chi connectivity index (χ0) is 14.5. The Morgan fingerprint density at radius 1 is 1.40 bits per heavy atom. The van der Waals surface area contributed by atoms with Gasteiger partial charge < -0.3 is 15.7 Å². The molecule has 20 heavy (non-hydrogen) atoms. The summed E-state index contributed by atoms with van der Waals surface area (Å²) < 4.78 is 0. The smallest absolute Gasteiger partial charge is 0.328 e. The van der Waals surface area contributed by atoms with Gasteiger partial charge in [0.05, 0.1) is 0 Å². The zero-order valence-electron chi connectivity index (χ0n) is 11.0. The van der Waals surface area contributed by atoms with Gasteiger partial charge in [-0.15, -0.1) is 0 Å². The third kappa shape index (κ3) is 3.34. The number of nitrogens with two attached hydrogens (primary N) is 1. The summed E-state index contributed by atoms with van der Waals surface area (Å²) in [7, 11) is 0. The van der Waals surface area contributed by atoms with Crippen LogP contribution in [-0.2, 0) is 9.59 Å². The molecule has 0 saturated carbocycles. The van der Waals surface area contributed by atoms with E-state index in [0.717, 1.165) is 31.9 Å². The predicted molar refractivity (Wildman–Crippen MR) is 75.1 cm³/mol. The highest BCUT2D eigenvalue weighted by Gasteiger charge is 2.27. The highest BCUT2D eigenvalue weighted by atomic mass is 16.4. The molecule has 2 heterocycles. The fraction of sp³-hybridized carbons (Fsp3) is 0.357. The van der Waals surface area contributed by atoms with Crippen molar-refractivity contribution in [1.82, 2.24) is 4.98 Å². The van der Waals surface area contributed by atoms with E-state index in [-0.39, 0.29) is 11.9 Å². The molecule has 0 radical (unpaired) electrons. The summed E-state index contributed by atoms with van der Waals surface area (Å²) in [6, 6.07) is 3.24. The highest BCUT2D eigenvalue weighted by Crippen LogP contribution is 2.23. The zero-order valence-corrected chi connectivity index (χ0v) is 11.0. The van der Waals surface area contributed by atoms with Gasteiger partial charge in [0.25, 0.3) is 0 Å². The minimum atomic E-state index is -1.00. The van der Waals surface area contributed by atoms with Crippen LogP contribution in [0.15, 0.2) is 24.4 Å². The largest absolute Gasteiger partial charge is 0.478 e. The number of carboxylic acid groups (broad SMARTS) is 1. The standard InChI is InChI=1S/C14H17N3O3/c15-14(20)11-3-1-2-8-17(11)12-6-4-10(9-16-12)5-7-13(18)19/h4-7,9,11H,1-3,8H2,(H2,15,20)(H,18,19)/b7-5+. The molecule has 0 spiro atoms. The number of rotatable bonds is 4. The van der Waals surface area contributed by atoms with Gasteiger partial charge in [0, 0.05) is 18.8 Å². The van der Waals surface area contributed by atoms with Gasteiger partial charge in [-0.05, 0) is 43.0 Å². The van der Waals surface area contributed by atoms with Gasteiger partial charge in [-0.3, -0.25) is 4.79 Å². The van der Waals surface area contributed by atoms with Crippen LogP contribution in [0, 0.1) is 0 Å². The van der Waals surface area contributed by atoms with Crippen LogP contribution in [0.25, 0.3) is 6.08 Å². The van der Waals surface area contributed by atoms with E-state index >= 15 is 0 Å². The van der Waals surface area contributed by atoms with E-state index in [2.05, 4.69) is 4.98 Å². The van der Waals surface area contributed by atoms with E-state index in [1.807, 2.05) is 4.90 Å². The van der Waals surface area contributed by atoms with E-state index in [4.69, 9.17) is 10.8 Å². The highest BCUT2D eigenvalue weighted by molar-refractivity contribution is 5.85. The van der Waals surface area contributed by atoms with E-state index in [0.29, 0.717) is 11.4 Å². The van der Waals surface area contributed by atoms with Gasteiger partial charge in [0.15, 0.2) is 0 Å².